The molecule has 0 atom stereocenters. The van der Waals surface area contributed by atoms with Crippen molar-refractivity contribution >= 4 is 35.1 Å². The number of benzene rings is 3. The lowest BCUT2D eigenvalue weighted by Gasteiger charge is -2.14. The van der Waals surface area contributed by atoms with Crippen LogP contribution in [-0.4, -0.2) is 23.7 Å². The number of hydrogen-bond acceptors (Lipinski definition) is 6. The number of anilines is 2. The second-order valence-corrected chi connectivity index (χ2v) is 7.06. The molecule has 32 heavy (non-hydrogen) atoms. The van der Waals surface area contributed by atoms with Crippen molar-refractivity contribution in [2.75, 3.05) is 10.2 Å². The minimum Gasteiger partial charge on any atom is -0.457 e. The first-order chi connectivity index (χ1) is 15.3. The Kier molecular flexibility index (Phi) is 5.43. The molecular formula is C24H18N2O6. The van der Waals surface area contributed by atoms with Crippen LogP contribution in [0.4, 0.5) is 11.4 Å². The highest BCUT2D eigenvalue weighted by atomic mass is 16.5. The number of nitrogens with zero attached hydrogens (tertiary/aromatic N) is 1. The Morgan fingerprint density at radius 3 is 2.22 bits per heavy atom. The van der Waals surface area contributed by atoms with Gasteiger partial charge in [-0.3, -0.25) is 19.2 Å². The summed E-state index contributed by atoms with van der Waals surface area (Å²) in [5.74, 6) is -0.656. The molecule has 8 nitrogen and oxygen atoms in total. The predicted molar refractivity (Wildman–Crippen MR) is 116 cm³/mol. The molecule has 0 unspecified atom stereocenters. The third-order valence-corrected chi connectivity index (χ3v) is 4.59. The molecule has 0 spiro atoms. The van der Waals surface area contributed by atoms with Crippen LogP contribution >= 0.6 is 0 Å². The second-order valence-electron chi connectivity index (χ2n) is 7.06. The van der Waals surface area contributed by atoms with Crippen LogP contribution < -0.4 is 19.7 Å². The molecule has 4 rings (SSSR count). The molecular weight excluding hydrogens is 412 g/mol. The summed E-state index contributed by atoms with van der Waals surface area (Å²) in [5.41, 5.74) is 1.30. The molecule has 0 saturated carbocycles. The molecule has 0 saturated heterocycles. The van der Waals surface area contributed by atoms with E-state index >= 15 is 0 Å². The van der Waals surface area contributed by atoms with Crippen molar-refractivity contribution in [2.24, 2.45) is 0 Å². The van der Waals surface area contributed by atoms with Crippen molar-refractivity contribution in [3.63, 3.8) is 0 Å². The van der Waals surface area contributed by atoms with Crippen LogP contribution in [0.2, 0.25) is 0 Å². The Morgan fingerprint density at radius 2 is 1.47 bits per heavy atom. The minimum atomic E-state index is -0.512. The van der Waals surface area contributed by atoms with Gasteiger partial charge in [0.15, 0.2) is 0 Å². The summed E-state index contributed by atoms with van der Waals surface area (Å²) >= 11 is 0. The van der Waals surface area contributed by atoms with Gasteiger partial charge in [-0.2, -0.15) is 0 Å². The Hall–Kier alpha value is -4.46. The molecule has 0 aromatic heterocycles. The molecule has 3 aromatic carbocycles. The van der Waals surface area contributed by atoms with Gasteiger partial charge in [0.1, 0.15) is 17.2 Å². The second kappa shape index (κ2) is 8.35. The highest BCUT2D eigenvalue weighted by Gasteiger charge is 2.37. The number of carbonyl (C=O) groups excluding carboxylic acids is 4. The van der Waals surface area contributed by atoms with E-state index in [1.54, 1.807) is 48.5 Å². The minimum absolute atomic E-state index is 0.198. The van der Waals surface area contributed by atoms with E-state index < -0.39 is 17.8 Å². The van der Waals surface area contributed by atoms with Crippen LogP contribution in [0.1, 0.15) is 34.6 Å². The monoisotopic (exact) mass is 430 g/mol. The van der Waals surface area contributed by atoms with Crippen molar-refractivity contribution in [2.45, 2.75) is 13.8 Å². The Labute approximate surface area is 183 Å². The molecule has 1 N–H and O–H groups in total. The van der Waals surface area contributed by atoms with Crippen LogP contribution in [0.3, 0.4) is 0 Å². The molecule has 1 aliphatic rings. The van der Waals surface area contributed by atoms with Gasteiger partial charge in [-0.1, -0.05) is 12.1 Å². The maximum absolute atomic E-state index is 13.0. The van der Waals surface area contributed by atoms with Gasteiger partial charge in [0.2, 0.25) is 5.91 Å². The summed E-state index contributed by atoms with van der Waals surface area (Å²) in [6, 6.07) is 17.6. The van der Waals surface area contributed by atoms with Crippen LogP contribution in [0, 0.1) is 0 Å². The van der Waals surface area contributed by atoms with E-state index in [4.69, 9.17) is 9.47 Å². The lowest BCUT2D eigenvalue weighted by Crippen LogP contribution is -2.29. The number of nitrogens with one attached hydrogen (secondary N) is 1. The summed E-state index contributed by atoms with van der Waals surface area (Å²) in [7, 11) is 0. The van der Waals surface area contributed by atoms with Crippen LogP contribution in [0.15, 0.2) is 66.7 Å². The molecule has 1 aliphatic heterocycles. The predicted octanol–water partition coefficient (Wildman–Crippen LogP) is 4.16. The lowest BCUT2D eigenvalue weighted by molar-refractivity contribution is -0.131. The highest BCUT2D eigenvalue weighted by molar-refractivity contribution is 6.34. The summed E-state index contributed by atoms with van der Waals surface area (Å²) in [4.78, 5) is 49.4. The summed E-state index contributed by atoms with van der Waals surface area (Å²) < 4.78 is 10.9. The fraction of sp³-hybridized carbons (Fsp3) is 0.0833. The van der Waals surface area contributed by atoms with E-state index in [2.05, 4.69) is 5.32 Å². The van der Waals surface area contributed by atoms with Crippen LogP contribution in [0.25, 0.3) is 0 Å². The number of rotatable bonds is 5. The largest absolute Gasteiger partial charge is 0.457 e. The first-order valence-corrected chi connectivity index (χ1v) is 9.68. The first-order valence-electron chi connectivity index (χ1n) is 9.68. The van der Waals surface area contributed by atoms with Crippen molar-refractivity contribution < 1.29 is 28.7 Å². The Bertz CT molecular complexity index is 1270. The molecule has 0 aliphatic carbocycles. The van der Waals surface area contributed by atoms with Crippen LogP contribution in [0.5, 0.6) is 17.2 Å². The number of hydrogen-bond donors (Lipinski definition) is 1. The number of carbonyl (C=O) groups is 4. The summed E-state index contributed by atoms with van der Waals surface area (Å²) in [6.45, 7) is 2.67. The number of amides is 3. The average molecular weight is 430 g/mol. The van der Waals surface area contributed by atoms with Crippen molar-refractivity contribution in [1.82, 2.24) is 0 Å². The van der Waals surface area contributed by atoms with Gasteiger partial charge in [-0.25, -0.2) is 4.90 Å². The maximum Gasteiger partial charge on any atom is 0.308 e. The van der Waals surface area contributed by atoms with E-state index in [1.165, 1.54) is 32.0 Å². The normalized spacial score (nSPS) is 12.4. The van der Waals surface area contributed by atoms with E-state index in [9.17, 15) is 19.2 Å². The summed E-state index contributed by atoms with van der Waals surface area (Å²) in [5, 5.41) is 2.67. The number of fused-ring (bicyclic) bond motifs is 1. The number of esters is 1. The van der Waals surface area contributed by atoms with Gasteiger partial charge < -0.3 is 14.8 Å². The number of imide groups is 1. The van der Waals surface area contributed by atoms with E-state index in [-0.39, 0.29) is 22.8 Å². The smallest absolute Gasteiger partial charge is 0.308 e. The lowest BCUT2D eigenvalue weighted by atomic mass is 10.1. The van der Waals surface area contributed by atoms with Gasteiger partial charge in [0.25, 0.3) is 11.8 Å². The maximum atomic E-state index is 13.0. The molecule has 8 heteroatoms. The molecule has 160 valence electrons. The van der Waals surface area contributed by atoms with Crippen LogP contribution in [-0.2, 0) is 9.59 Å². The summed E-state index contributed by atoms with van der Waals surface area (Å²) in [6.07, 6.45) is 0. The average Bonchev–Trinajstić information content (AvgIpc) is 2.97. The molecule has 0 radical (unpaired) electrons. The zero-order valence-corrected chi connectivity index (χ0v) is 17.2. The Morgan fingerprint density at radius 1 is 0.781 bits per heavy atom. The number of ether oxygens (including phenoxy) is 2. The fourth-order valence-electron chi connectivity index (χ4n) is 3.35. The van der Waals surface area contributed by atoms with Crippen molar-refractivity contribution in [3.8, 4) is 17.2 Å². The molecule has 3 amide bonds. The molecule has 0 bridgehead atoms. The highest BCUT2D eigenvalue weighted by Crippen LogP contribution is 2.34. The van der Waals surface area contributed by atoms with Crippen molar-refractivity contribution in [1.29, 1.82) is 0 Å². The standard InChI is InChI=1S/C24H18N2O6/c1-14(27)25-16-5-3-7-18(11-16)32-20-9-10-21-22(13-20)24(30)26(23(21)29)17-6-4-8-19(12-17)31-15(2)28/h3-13H,1-2H3,(H,25,27). The van der Waals surface area contributed by atoms with Gasteiger partial charge in [-0.05, 0) is 42.5 Å². The van der Waals surface area contributed by atoms with Gasteiger partial charge in [0.05, 0.1) is 16.8 Å². The van der Waals surface area contributed by atoms with Gasteiger partial charge in [-0.15, -0.1) is 0 Å². The quantitative estimate of drug-likeness (QED) is 0.370. The SMILES string of the molecule is CC(=O)Nc1cccc(Oc2ccc3c(c2)C(=O)N(c2cccc(OC(C)=O)c2)C3=O)c1. The van der Waals surface area contributed by atoms with E-state index in [0.29, 0.717) is 22.9 Å². The molecule has 3 aromatic rings. The van der Waals surface area contributed by atoms with E-state index in [0.717, 1.165) is 4.90 Å². The third-order valence-electron chi connectivity index (χ3n) is 4.59. The first kappa shape index (κ1) is 20.8. The third kappa shape index (κ3) is 4.20. The van der Waals surface area contributed by atoms with E-state index in [1.807, 2.05) is 0 Å². The van der Waals surface area contributed by atoms with Gasteiger partial charge in [0, 0.05) is 31.7 Å². The van der Waals surface area contributed by atoms with Gasteiger partial charge >= 0.3 is 5.97 Å². The molecule has 0 fully saturated rings. The topological polar surface area (TPSA) is 102 Å². The fourth-order valence-corrected chi connectivity index (χ4v) is 3.35. The van der Waals surface area contributed by atoms with Crippen molar-refractivity contribution in [3.05, 3.63) is 77.9 Å². The Balaban J connectivity index is 1.60. The zero-order chi connectivity index (χ0) is 22.8. The molecule has 1 heterocycles. The zero-order valence-electron chi connectivity index (χ0n) is 17.2.